The molecule has 4 rings (SSSR count). The Hall–Kier alpha value is -2.61. The zero-order chi connectivity index (χ0) is 23.0. The lowest BCUT2D eigenvalue weighted by Gasteiger charge is -2.26. The highest BCUT2D eigenvalue weighted by Crippen LogP contribution is 2.22. The lowest BCUT2D eigenvalue weighted by molar-refractivity contribution is -0.111. The van der Waals surface area contributed by atoms with Crippen molar-refractivity contribution < 1.29 is 9.53 Å². The van der Waals surface area contributed by atoms with Crippen molar-refractivity contribution in [3.63, 3.8) is 0 Å². The van der Waals surface area contributed by atoms with E-state index >= 15 is 0 Å². The van der Waals surface area contributed by atoms with Crippen molar-refractivity contribution in [3.8, 4) is 5.75 Å². The normalized spacial score (nSPS) is 14.5. The molecule has 1 saturated heterocycles. The third-order valence-electron chi connectivity index (χ3n) is 5.43. The minimum absolute atomic E-state index is 0.163. The van der Waals surface area contributed by atoms with Crippen molar-refractivity contribution >= 4 is 40.8 Å². The highest BCUT2D eigenvalue weighted by molar-refractivity contribution is 7.99. The Labute approximate surface area is 203 Å². The molecule has 0 radical (unpaired) electrons. The molecule has 2 heterocycles. The van der Waals surface area contributed by atoms with E-state index in [2.05, 4.69) is 27.3 Å². The molecule has 0 bridgehead atoms. The van der Waals surface area contributed by atoms with Gasteiger partial charge in [-0.1, -0.05) is 30.3 Å². The summed E-state index contributed by atoms with van der Waals surface area (Å²) in [6.07, 6.45) is 3.34. The van der Waals surface area contributed by atoms with E-state index in [4.69, 9.17) is 4.74 Å². The molecule has 2 aromatic carbocycles. The molecule has 1 N–H and O–H groups in total. The van der Waals surface area contributed by atoms with Gasteiger partial charge in [-0.2, -0.15) is 11.8 Å². The second-order valence-electron chi connectivity index (χ2n) is 8.04. The molecule has 0 saturated carbocycles. The maximum atomic E-state index is 12.6. The predicted octanol–water partition coefficient (Wildman–Crippen LogP) is 5.54. The molecule has 5 nitrogen and oxygen atoms in total. The molecule has 0 spiro atoms. The summed E-state index contributed by atoms with van der Waals surface area (Å²) in [7, 11) is 0. The van der Waals surface area contributed by atoms with Crippen molar-refractivity contribution in [3.05, 3.63) is 81.3 Å². The molecule has 7 heteroatoms. The number of aryl methyl sites for hydroxylation is 2. The molecule has 1 aliphatic rings. The largest absolute Gasteiger partial charge is 0.487 e. The average molecular weight is 480 g/mol. The number of thiazole rings is 1. The van der Waals surface area contributed by atoms with E-state index in [0.717, 1.165) is 52.9 Å². The van der Waals surface area contributed by atoms with Crippen LogP contribution in [-0.4, -0.2) is 40.4 Å². The Morgan fingerprint density at radius 1 is 1.18 bits per heavy atom. The van der Waals surface area contributed by atoms with Crippen LogP contribution >= 0.6 is 23.1 Å². The Morgan fingerprint density at radius 2 is 2.00 bits per heavy atom. The summed E-state index contributed by atoms with van der Waals surface area (Å²) in [6, 6.07) is 14.0. The van der Waals surface area contributed by atoms with Gasteiger partial charge in [-0.05, 0) is 43.2 Å². The topological polar surface area (TPSA) is 54.5 Å². The van der Waals surface area contributed by atoms with Crippen LogP contribution in [0.4, 0.5) is 5.69 Å². The van der Waals surface area contributed by atoms with Crippen molar-refractivity contribution in [2.75, 3.05) is 29.9 Å². The molecule has 1 amide bonds. The van der Waals surface area contributed by atoms with Crippen LogP contribution in [0.3, 0.4) is 0 Å². The van der Waals surface area contributed by atoms with Crippen LogP contribution in [0.15, 0.2) is 53.9 Å². The van der Waals surface area contributed by atoms with Crippen LogP contribution in [-0.2, 0) is 17.9 Å². The molecule has 1 fully saturated rings. The summed E-state index contributed by atoms with van der Waals surface area (Å²) in [5, 5.41) is 6.02. The zero-order valence-corrected chi connectivity index (χ0v) is 20.7. The highest BCUT2D eigenvalue weighted by Gasteiger charge is 2.12. The fraction of sp³-hybridized carbons (Fsp3) is 0.308. The fourth-order valence-electron chi connectivity index (χ4n) is 3.70. The molecular formula is C26H29N3O2S2. The quantitative estimate of drug-likeness (QED) is 0.430. The number of amides is 1. The van der Waals surface area contributed by atoms with Crippen LogP contribution in [0, 0.1) is 13.8 Å². The SMILES string of the molecule is Cc1nc(COc2ccccc2C=CC(=O)Nc2ccc(CN3CCSCC3)cc2C)cs1. The van der Waals surface area contributed by atoms with Crippen LogP contribution < -0.4 is 10.1 Å². The second-order valence-corrected chi connectivity index (χ2v) is 10.3. The van der Waals surface area contributed by atoms with E-state index in [1.54, 1.807) is 23.5 Å². The number of carbonyl (C=O) groups is 1. The maximum Gasteiger partial charge on any atom is 0.248 e. The van der Waals surface area contributed by atoms with Gasteiger partial charge in [-0.25, -0.2) is 4.98 Å². The van der Waals surface area contributed by atoms with Crippen molar-refractivity contribution in [2.45, 2.75) is 27.0 Å². The van der Waals surface area contributed by atoms with E-state index in [-0.39, 0.29) is 5.91 Å². The van der Waals surface area contributed by atoms with Gasteiger partial charge in [0, 0.05) is 53.8 Å². The summed E-state index contributed by atoms with van der Waals surface area (Å²) in [6.45, 7) is 7.67. The van der Waals surface area contributed by atoms with Gasteiger partial charge in [-0.3, -0.25) is 9.69 Å². The average Bonchev–Trinajstić information content (AvgIpc) is 3.24. The minimum Gasteiger partial charge on any atom is -0.487 e. The summed E-state index contributed by atoms with van der Waals surface area (Å²) < 4.78 is 5.94. The van der Waals surface area contributed by atoms with Gasteiger partial charge in [0.2, 0.25) is 5.91 Å². The molecule has 33 heavy (non-hydrogen) atoms. The van der Waals surface area contributed by atoms with Gasteiger partial charge in [0.15, 0.2) is 0 Å². The number of rotatable bonds is 8. The van der Waals surface area contributed by atoms with Crippen LogP contribution in [0.25, 0.3) is 6.08 Å². The van der Waals surface area contributed by atoms with Gasteiger partial charge in [-0.15, -0.1) is 11.3 Å². The zero-order valence-electron chi connectivity index (χ0n) is 19.0. The number of hydrogen-bond acceptors (Lipinski definition) is 6. The number of anilines is 1. The van der Waals surface area contributed by atoms with Crippen molar-refractivity contribution in [2.24, 2.45) is 0 Å². The smallest absolute Gasteiger partial charge is 0.248 e. The molecule has 0 atom stereocenters. The Morgan fingerprint density at radius 3 is 2.76 bits per heavy atom. The van der Waals surface area contributed by atoms with E-state index in [9.17, 15) is 4.79 Å². The molecule has 0 aliphatic carbocycles. The molecule has 172 valence electrons. The lowest BCUT2D eigenvalue weighted by Crippen LogP contribution is -2.31. The van der Waals surface area contributed by atoms with Crippen molar-refractivity contribution in [1.29, 1.82) is 0 Å². The third kappa shape index (κ3) is 6.93. The Balaban J connectivity index is 1.35. The van der Waals surface area contributed by atoms with Gasteiger partial charge in [0.05, 0.1) is 10.7 Å². The van der Waals surface area contributed by atoms with Crippen LogP contribution in [0.1, 0.15) is 27.4 Å². The van der Waals surface area contributed by atoms with E-state index in [1.165, 1.54) is 17.1 Å². The molecule has 0 unspecified atom stereocenters. The molecule has 1 aromatic heterocycles. The van der Waals surface area contributed by atoms with Crippen LogP contribution in [0.5, 0.6) is 5.75 Å². The first-order valence-electron chi connectivity index (χ1n) is 11.1. The monoisotopic (exact) mass is 479 g/mol. The number of nitrogens with one attached hydrogen (secondary N) is 1. The molecule has 1 aliphatic heterocycles. The number of aromatic nitrogens is 1. The fourth-order valence-corrected chi connectivity index (χ4v) is 5.27. The number of ether oxygens (including phenoxy) is 1. The number of hydrogen-bond donors (Lipinski definition) is 1. The number of nitrogens with zero attached hydrogens (tertiary/aromatic N) is 2. The minimum atomic E-state index is -0.163. The second kappa shape index (κ2) is 11.5. The summed E-state index contributed by atoms with van der Waals surface area (Å²) in [4.78, 5) is 19.5. The number of thioether (sulfide) groups is 1. The molecule has 3 aromatic rings. The van der Waals surface area contributed by atoms with Gasteiger partial charge in [0.1, 0.15) is 12.4 Å². The Kier molecular flexibility index (Phi) is 8.20. The first-order chi connectivity index (χ1) is 16.1. The van der Waals surface area contributed by atoms with Crippen molar-refractivity contribution in [1.82, 2.24) is 9.88 Å². The number of benzene rings is 2. The number of carbonyl (C=O) groups excluding carboxylic acids is 1. The van der Waals surface area contributed by atoms with E-state index < -0.39 is 0 Å². The summed E-state index contributed by atoms with van der Waals surface area (Å²) in [5.74, 6) is 2.98. The first-order valence-corrected chi connectivity index (χ1v) is 13.1. The summed E-state index contributed by atoms with van der Waals surface area (Å²) >= 11 is 3.63. The third-order valence-corrected chi connectivity index (χ3v) is 7.20. The first kappa shape index (κ1) is 23.5. The van der Waals surface area contributed by atoms with Crippen LogP contribution in [0.2, 0.25) is 0 Å². The predicted molar refractivity (Wildman–Crippen MR) is 139 cm³/mol. The maximum absolute atomic E-state index is 12.6. The van der Waals surface area contributed by atoms with Gasteiger partial charge in [0.25, 0.3) is 0 Å². The summed E-state index contributed by atoms with van der Waals surface area (Å²) in [5.41, 5.74) is 4.96. The van der Waals surface area contributed by atoms with Gasteiger partial charge >= 0.3 is 0 Å². The van der Waals surface area contributed by atoms with Gasteiger partial charge < -0.3 is 10.1 Å². The number of para-hydroxylation sites is 1. The van der Waals surface area contributed by atoms with E-state index in [0.29, 0.717) is 6.61 Å². The lowest BCUT2D eigenvalue weighted by atomic mass is 10.1. The Bertz CT molecular complexity index is 1120. The molecular weight excluding hydrogens is 450 g/mol. The standard InChI is InChI=1S/C26H29N3O2S2/c1-19-15-21(16-29-11-13-32-14-12-29)7-9-24(19)28-26(30)10-8-22-5-3-4-6-25(22)31-17-23-18-33-20(2)27-23/h3-10,15,18H,11-14,16-17H2,1-2H3,(H,28,30). The van der Waals surface area contributed by atoms with E-state index in [1.807, 2.05) is 61.3 Å². The highest BCUT2D eigenvalue weighted by atomic mass is 32.2.